The number of aliphatic carboxylic acids is 1. The van der Waals surface area contributed by atoms with Crippen molar-refractivity contribution in [3.05, 3.63) is 0 Å². The van der Waals surface area contributed by atoms with E-state index in [4.69, 9.17) is 14.6 Å². The zero-order valence-corrected chi connectivity index (χ0v) is 11.2. The van der Waals surface area contributed by atoms with Gasteiger partial charge >= 0.3 is 5.97 Å². The second kappa shape index (κ2) is 6.45. The van der Waals surface area contributed by atoms with Crippen LogP contribution in [-0.4, -0.2) is 60.3 Å². The van der Waals surface area contributed by atoms with Crippen molar-refractivity contribution < 1.29 is 23.8 Å². The SMILES string of the molecule is CCC(C)(C)N1CC(F)OCC1COCC(=O)O. The van der Waals surface area contributed by atoms with Gasteiger partial charge in [0.05, 0.1) is 25.8 Å². The van der Waals surface area contributed by atoms with Crippen molar-refractivity contribution in [2.24, 2.45) is 0 Å². The number of nitrogens with zero attached hydrogens (tertiary/aromatic N) is 1. The molecule has 1 N–H and O–H groups in total. The number of halogens is 1. The van der Waals surface area contributed by atoms with Crippen LogP contribution in [0, 0.1) is 0 Å². The number of alkyl halides is 1. The Labute approximate surface area is 107 Å². The van der Waals surface area contributed by atoms with E-state index in [1.807, 2.05) is 25.7 Å². The predicted octanol–water partition coefficient (Wildman–Crippen LogP) is 1.27. The van der Waals surface area contributed by atoms with Gasteiger partial charge in [0.15, 0.2) is 0 Å². The summed E-state index contributed by atoms with van der Waals surface area (Å²) < 4.78 is 23.4. The van der Waals surface area contributed by atoms with Gasteiger partial charge in [0.2, 0.25) is 6.36 Å². The first-order chi connectivity index (χ1) is 8.36. The molecule has 1 saturated heterocycles. The van der Waals surface area contributed by atoms with E-state index in [1.165, 1.54) is 0 Å². The maximum absolute atomic E-state index is 13.3. The van der Waals surface area contributed by atoms with Crippen LogP contribution >= 0.6 is 0 Å². The van der Waals surface area contributed by atoms with Gasteiger partial charge in [-0.3, -0.25) is 4.90 Å². The van der Waals surface area contributed by atoms with Crippen LogP contribution in [0.25, 0.3) is 0 Å². The Bertz CT molecular complexity index is 285. The quantitative estimate of drug-likeness (QED) is 0.782. The summed E-state index contributed by atoms with van der Waals surface area (Å²) in [5, 5.41) is 8.53. The average molecular weight is 263 g/mol. The minimum absolute atomic E-state index is 0.105. The number of morpholine rings is 1. The third-order valence-electron chi connectivity index (χ3n) is 3.43. The highest BCUT2D eigenvalue weighted by molar-refractivity contribution is 5.67. The smallest absolute Gasteiger partial charge is 0.329 e. The maximum Gasteiger partial charge on any atom is 0.329 e. The van der Waals surface area contributed by atoms with Gasteiger partial charge in [0.1, 0.15) is 6.61 Å². The molecule has 0 spiro atoms. The van der Waals surface area contributed by atoms with Crippen LogP contribution in [0.2, 0.25) is 0 Å². The summed E-state index contributed by atoms with van der Waals surface area (Å²) in [5.74, 6) is -1.00. The van der Waals surface area contributed by atoms with Crippen LogP contribution in [0.3, 0.4) is 0 Å². The molecule has 0 saturated carbocycles. The van der Waals surface area contributed by atoms with E-state index in [0.29, 0.717) is 0 Å². The van der Waals surface area contributed by atoms with Crippen molar-refractivity contribution in [1.29, 1.82) is 0 Å². The molecule has 6 heteroatoms. The van der Waals surface area contributed by atoms with Crippen LogP contribution in [0.15, 0.2) is 0 Å². The Morgan fingerprint density at radius 1 is 1.61 bits per heavy atom. The lowest BCUT2D eigenvalue weighted by molar-refractivity contribution is -0.164. The molecule has 1 aliphatic heterocycles. The van der Waals surface area contributed by atoms with E-state index in [2.05, 4.69) is 0 Å². The number of carboxylic acids is 1. The zero-order chi connectivity index (χ0) is 13.8. The number of ether oxygens (including phenoxy) is 2. The first-order valence-corrected chi connectivity index (χ1v) is 6.18. The highest BCUT2D eigenvalue weighted by atomic mass is 19.1. The molecular formula is C12H22FNO4. The fourth-order valence-electron chi connectivity index (χ4n) is 2.03. The van der Waals surface area contributed by atoms with Gasteiger partial charge < -0.3 is 14.6 Å². The number of carboxylic acid groups (broad SMARTS) is 1. The van der Waals surface area contributed by atoms with Gasteiger partial charge in [-0.25, -0.2) is 9.18 Å². The Morgan fingerprint density at radius 2 is 2.28 bits per heavy atom. The fraction of sp³-hybridized carbons (Fsp3) is 0.917. The molecular weight excluding hydrogens is 241 g/mol. The summed E-state index contributed by atoms with van der Waals surface area (Å²) in [6.45, 7) is 6.44. The van der Waals surface area contributed by atoms with Crippen LogP contribution in [0.4, 0.5) is 4.39 Å². The Hall–Kier alpha value is -0.720. The molecule has 1 fully saturated rings. The van der Waals surface area contributed by atoms with E-state index >= 15 is 0 Å². The monoisotopic (exact) mass is 263 g/mol. The predicted molar refractivity (Wildman–Crippen MR) is 64.2 cm³/mol. The van der Waals surface area contributed by atoms with Crippen molar-refractivity contribution in [3.63, 3.8) is 0 Å². The molecule has 0 aromatic rings. The molecule has 5 nitrogen and oxygen atoms in total. The van der Waals surface area contributed by atoms with Crippen molar-refractivity contribution in [3.8, 4) is 0 Å². The lowest BCUT2D eigenvalue weighted by Crippen LogP contribution is -2.58. The molecule has 18 heavy (non-hydrogen) atoms. The average Bonchev–Trinajstić information content (AvgIpc) is 2.30. The van der Waals surface area contributed by atoms with E-state index in [0.717, 1.165) is 6.42 Å². The van der Waals surface area contributed by atoms with E-state index in [9.17, 15) is 9.18 Å². The molecule has 0 aromatic carbocycles. The van der Waals surface area contributed by atoms with Gasteiger partial charge in [-0.1, -0.05) is 6.92 Å². The normalized spacial score (nSPS) is 26.2. The minimum atomic E-state index is -1.29. The molecule has 0 aromatic heterocycles. The lowest BCUT2D eigenvalue weighted by atomic mass is 9.96. The van der Waals surface area contributed by atoms with E-state index in [1.54, 1.807) is 0 Å². The Morgan fingerprint density at radius 3 is 2.83 bits per heavy atom. The molecule has 0 aliphatic carbocycles. The summed E-state index contributed by atoms with van der Waals surface area (Å²) >= 11 is 0. The molecule has 0 amide bonds. The first kappa shape index (κ1) is 15.3. The summed E-state index contributed by atoms with van der Waals surface area (Å²) in [7, 11) is 0. The minimum Gasteiger partial charge on any atom is -0.480 e. The lowest BCUT2D eigenvalue weighted by Gasteiger charge is -2.46. The Balaban J connectivity index is 2.59. The molecule has 2 unspecified atom stereocenters. The van der Waals surface area contributed by atoms with E-state index in [-0.39, 0.29) is 37.9 Å². The first-order valence-electron chi connectivity index (χ1n) is 6.18. The summed E-state index contributed by atoms with van der Waals surface area (Å²) in [6, 6.07) is -0.105. The van der Waals surface area contributed by atoms with Crippen LogP contribution < -0.4 is 0 Å². The van der Waals surface area contributed by atoms with Crippen molar-refractivity contribution in [2.75, 3.05) is 26.4 Å². The highest BCUT2D eigenvalue weighted by Gasteiger charge is 2.37. The fourth-order valence-corrected chi connectivity index (χ4v) is 2.03. The third kappa shape index (κ3) is 4.19. The van der Waals surface area contributed by atoms with E-state index < -0.39 is 12.3 Å². The van der Waals surface area contributed by atoms with Gasteiger partial charge in [0, 0.05) is 5.54 Å². The molecule has 0 radical (unpaired) electrons. The second-order valence-corrected chi connectivity index (χ2v) is 5.12. The zero-order valence-electron chi connectivity index (χ0n) is 11.2. The van der Waals surface area contributed by atoms with Gasteiger partial charge in [-0.05, 0) is 20.3 Å². The second-order valence-electron chi connectivity index (χ2n) is 5.12. The maximum atomic E-state index is 13.3. The summed E-state index contributed by atoms with van der Waals surface area (Å²) in [4.78, 5) is 12.4. The molecule has 1 heterocycles. The summed E-state index contributed by atoms with van der Waals surface area (Å²) in [5.41, 5.74) is -0.161. The van der Waals surface area contributed by atoms with Crippen LogP contribution in [0.1, 0.15) is 27.2 Å². The molecule has 2 atom stereocenters. The van der Waals surface area contributed by atoms with Gasteiger partial charge in [-0.2, -0.15) is 0 Å². The van der Waals surface area contributed by atoms with Gasteiger partial charge in [-0.15, -0.1) is 0 Å². The number of carbonyl (C=O) groups is 1. The molecule has 1 aliphatic rings. The standard InChI is InChI=1S/C12H22FNO4/c1-4-12(2,3)14-5-10(13)18-7-9(14)6-17-8-11(15)16/h9-10H,4-8H2,1-3H3,(H,15,16). The topological polar surface area (TPSA) is 59.0 Å². The van der Waals surface area contributed by atoms with Crippen LogP contribution in [-0.2, 0) is 14.3 Å². The third-order valence-corrected chi connectivity index (χ3v) is 3.43. The number of hydrogen-bond donors (Lipinski definition) is 1. The number of hydrogen-bond acceptors (Lipinski definition) is 4. The largest absolute Gasteiger partial charge is 0.480 e. The van der Waals surface area contributed by atoms with Gasteiger partial charge in [0.25, 0.3) is 0 Å². The summed E-state index contributed by atoms with van der Waals surface area (Å²) in [6.07, 6.45) is -0.415. The Kier molecular flexibility index (Phi) is 5.49. The van der Waals surface area contributed by atoms with Crippen molar-refractivity contribution >= 4 is 5.97 Å². The number of rotatable bonds is 6. The molecule has 106 valence electrons. The van der Waals surface area contributed by atoms with Crippen molar-refractivity contribution in [2.45, 2.75) is 45.1 Å². The highest BCUT2D eigenvalue weighted by Crippen LogP contribution is 2.26. The molecule has 1 rings (SSSR count). The molecule has 0 bridgehead atoms. The van der Waals surface area contributed by atoms with Crippen LogP contribution in [0.5, 0.6) is 0 Å². The van der Waals surface area contributed by atoms with Crippen molar-refractivity contribution in [1.82, 2.24) is 4.90 Å².